The number of carbonyl (C=O) groups excluding carboxylic acids is 3. The predicted molar refractivity (Wildman–Crippen MR) is 115 cm³/mol. The average molecular weight is 494 g/mol. The first kappa shape index (κ1) is 22.1. The normalized spacial score (nSPS) is 13.7. The molecular weight excluding hydrogens is 474 g/mol. The van der Waals surface area contributed by atoms with Gasteiger partial charge in [0.15, 0.2) is 0 Å². The second kappa shape index (κ2) is 8.66. The van der Waals surface area contributed by atoms with Crippen molar-refractivity contribution in [1.29, 1.82) is 0 Å². The number of anilines is 1. The van der Waals surface area contributed by atoms with Gasteiger partial charge in [-0.05, 0) is 48.9 Å². The number of nitrogens with zero attached hydrogens (tertiary/aromatic N) is 2. The van der Waals surface area contributed by atoms with Crippen LogP contribution in [0.25, 0.3) is 0 Å². The zero-order chi connectivity index (χ0) is 22.1. The van der Waals surface area contributed by atoms with Gasteiger partial charge in [0.1, 0.15) is 0 Å². The number of hydrogen-bond donors (Lipinski definition) is 1. The fourth-order valence-corrected chi connectivity index (χ4v) is 4.27. The lowest BCUT2D eigenvalue weighted by Gasteiger charge is -2.14. The maximum absolute atomic E-state index is 12.4. The summed E-state index contributed by atoms with van der Waals surface area (Å²) in [7, 11) is -0.648. The third kappa shape index (κ3) is 4.45. The number of sulfonamides is 1. The summed E-state index contributed by atoms with van der Waals surface area (Å²) < 4.78 is 26.0. The van der Waals surface area contributed by atoms with E-state index < -0.39 is 10.0 Å². The molecule has 3 rings (SSSR count). The van der Waals surface area contributed by atoms with Gasteiger partial charge in [-0.25, -0.2) is 12.7 Å². The van der Waals surface area contributed by atoms with E-state index in [1.54, 1.807) is 18.2 Å². The van der Waals surface area contributed by atoms with E-state index >= 15 is 0 Å². The number of rotatable bonds is 7. The third-order valence-electron chi connectivity index (χ3n) is 4.63. The van der Waals surface area contributed by atoms with Crippen LogP contribution in [0.3, 0.4) is 0 Å². The van der Waals surface area contributed by atoms with Gasteiger partial charge >= 0.3 is 0 Å². The van der Waals surface area contributed by atoms with E-state index in [1.807, 2.05) is 0 Å². The standard InChI is InChI=1S/C20H20BrN3O5S/c1-23(2)30(28,29)15-8-6-14(7-9-15)22-18(25)4-3-11-24-19(26)16-10-5-13(21)12-17(16)20(24)27/h5-10,12H,3-4,11H2,1-2H3,(H,22,25). The summed E-state index contributed by atoms with van der Waals surface area (Å²) in [5.74, 6) is -1.02. The molecule has 158 valence electrons. The molecule has 2 aromatic carbocycles. The smallest absolute Gasteiger partial charge is 0.261 e. The number of halogens is 1. The first-order valence-corrected chi connectivity index (χ1v) is 11.3. The van der Waals surface area contributed by atoms with Crippen molar-refractivity contribution in [1.82, 2.24) is 9.21 Å². The molecule has 0 aliphatic carbocycles. The summed E-state index contributed by atoms with van der Waals surface area (Å²) in [4.78, 5) is 38.2. The number of imide groups is 1. The Balaban J connectivity index is 1.53. The van der Waals surface area contributed by atoms with Crippen LogP contribution >= 0.6 is 15.9 Å². The quantitative estimate of drug-likeness (QED) is 0.597. The topological polar surface area (TPSA) is 104 Å². The van der Waals surface area contributed by atoms with E-state index in [-0.39, 0.29) is 35.6 Å². The molecule has 1 aliphatic heterocycles. The molecule has 0 saturated carbocycles. The maximum atomic E-state index is 12.4. The highest BCUT2D eigenvalue weighted by molar-refractivity contribution is 9.10. The van der Waals surface area contributed by atoms with E-state index in [0.717, 1.165) is 9.21 Å². The highest BCUT2D eigenvalue weighted by Gasteiger charge is 2.35. The highest BCUT2D eigenvalue weighted by atomic mass is 79.9. The van der Waals surface area contributed by atoms with Gasteiger partial charge < -0.3 is 5.32 Å². The van der Waals surface area contributed by atoms with Crippen LogP contribution < -0.4 is 5.32 Å². The van der Waals surface area contributed by atoms with Crippen LogP contribution in [0, 0.1) is 0 Å². The summed E-state index contributed by atoms with van der Waals surface area (Å²) in [5, 5.41) is 2.68. The van der Waals surface area contributed by atoms with E-state index in [1.165, 1.54) is 38.4 Å². The van der Waals surface area contributed by atoms with Crippen molar-refractivity contribution in [3.8, 4) is 0 Å². The van der Waals surface area contributed by atoms with Crippen LogP contribution in [0.15, 0.2) is 51.8 Å². The van der Waals surface area contributed by atoms with Crippen molar-refractivity contribution in [2.24, 2.45) is 0 Å². The molecule has 0 bridgehead atoms. The molecule has 10 heteroatoms. The van der Waals surface area contributed by atoms with Gasteiger partial charge in [-0.15, -0.1) is 0 Å². The Hall–Kier alpha value is -2.56. The molecule has 30 heavy (non-hydrogen) atoms. The molecule has 0 atom stereocenters. The number of nitrogens with one attached hydrogen (secondary N) is 1. The van der Waals surface area contributed by atoms with Crippen molar-refractivity contribution in [2.75, 3.05) is 26.0 Å². The number of hydrogen-bond acceptors (Lipinski definition) is 5. The van der Waals surface area contributed by atoms with Crippen LogP contribution in [0.1, 0.15) is 33.6 Å². The lowest BCUT2D eigenvalue weighted by atomic mass is 10.1. The molecule has 1 heterocycles. The summed E-state index contributed by atoms with van der Waals surface area (Å²) >= 11 is 3.29. The summed E-state index contributed by atoms with van der Waals surface area (Å²) in [6, 6.07) is 10.8. The number of amides is 3. The zero-order valence-electron chi connectivity index (χ0n) is 16.4. The first-order chi connectivity index (χ1) is 14.1. The van der Waals surface area contributed by atoms with Gasteiger partial charge in [0.05, 0.1) is 16.0 Å². The second-order valence-electron chi connectivity index (χ2n) is 6.92. The molecule has 0 spiro atoms. The van der Waals surface area contributed by atoms with Crippen molar-refractivity contribution in [3.63, 3.8) is 0 Å². The Kier molecular flexibility index (Phi) is 6.39. The Morgan fingerprint density at radius 3 is 2.30 bits per heavy atom. The molecule has 3 amide bonds. The van der Waals surface area contributed by atoms with E-state index in [0.29, 0.717) is 27.7 Å². The SMILES string of the molecule is CN(C)S(=O)(=O)c1ccc(NC(=O)CCCN2C(=O)c3ccc(Br)cc3C2=O)cc1. The molecule has 0 fully saturated rings. The summed E-state index contributed by atoms with van der Waals surface area (Å²) in [6.45, 7) is 0.136. The van der Waals surface area contributed by atoms with E-state index in [2.05, 4.69) is 21.2 Å². The Morgan fingerprint density at radius 1 is 1.03 bits per heavy atom. The highest BCUT2D eigenvalue weighted by Crippen LogP contribution is 2.26. The van der Waals surface area contributed by atoms with Crippen molar-refractivity contribution in [3.05, 3.63) is 58.1 Å². The molecule has 8 nitrogen and oxygen atoms in total. The number of fused-ring (bicyclic) bond motifs is 1. The summed E-state index contributed by atoms with van der Waals surface area (Å²) in [5.41, 5.74) is 1.18. The minimum absolute atomic E-state index is 0.106. The van der Waals surface area contributed by atoms with Gasteiger partial charge in [0, 0.05) is 37.2 Å². The molecular formula is C20H20BrN3O5S. The van der Waals surface area contributed by atoms with Gasteiger partial charge in [-0.1, -0.05) is 15.9 Å². The van der Waals surface area contributed by atoms with Crippen molar-refractivity contribution >= 4 is 49.4 Å². The molecule has 1 aliphatic rings. The number of carbonyl (C=O) groups is 3. The molecule has 0 aromatic heterocycles. The fraction of sp³-hybridized carbons (Fsp3) is 0.250. The van der Waals surface area contributed by atoms with Crippen LogP contribution in [-0.2, 0) is 14.8 Å². The Bertz CT molecular complexity index is 1110. The van der Waals surface area contributed by atoms with Crippen LogP contribution in [0.2, 0.25) is 0 Å². The Labute approximate surface area is 183 Å². The van der Waals surface area contributed by atoms with Gasteiger partial charge in [0.25, 0.3) is 11.8 Å². The van der Waals surface area contributed by atoms with Crippen LogP contribution in [0.5, 0.6) is 0 Å². The minimum Gasteiger partial charge on any atom is -0.326 e. The average Bonchev–Trinajstić information content (AvgIpc) is 2.92. The maximum Gasteiger partial charge on any atom is 0.261 e. The zero-order valence-corrected chi connectivity index (χ0v) is 18.8. The Morgan fingerprint density at radius 2 is 1.67 bits per heavy atom. The van der Waals surface area contributed by atoms with Crippen LogP contribution in [0.4, 0.5) is 5.69 Å². The lowest BCUT2D eigenvalue weighted by molar-refractivity contribution is -0.116. The second-order valence-corrected chi connectivity index (χ2v) is 9.98. The van der Waals surface area contributed by atoms with Crippen LogP contribution in [-0.4, -0.2) is 56.0 Å². The molecule has 0 unspecified atom stereocenters. The molecule has 0 radical (unpaired) electrons. The monoisotopic (exact) mass is 493 g/mol. The van der Waals surface area contributed by atoms with Gasteiger partial charge in [0.2, 0.25) is 15.9 Å². The molecule has 1 N–H and O–H groups in total. The molecule has 2 aromatic rings. The predicted octanol–water partition coefficient (Wildman–Crippen LogP) is 2.71. The summed E-state index contributed by atoms with van der Waals surface area (Å²) in [6.07, 6.45) is 0.417. The van der Waals surface area contributed by atoms with E-state index in [9.17, 15) is 22.8 Å². The van der Waals surface area contributed by atoms with E-state index in [4.69, 9.17) is 0 Å². The van der Waals surface area contributed by atoms with Crippen molar-refractivity contribution < 1.29 is 22.8 Å². The number of benzene rings is 2. The molecule has 0 saturated heterocycles. The van der Waals surface area contributed by atoms with Crippen molar-refractivity contribution in [2.45, 2.75) is 17.7 Å². The van der Waals surface area contributed by atoms with Gasteiger partial charge in [-0.3, -0.25) is 19.3 Å². The largest absolute Gasteiger partial charge is 0.326 e. The van der Waals surface area contributed by atoms with Gasteiger partial charge in [-0.2, -0.15) is 0 Å². The fourth-order valence-electron chi connectivity index (χ4n) is 3.01. The first-order valence-electron chi connectivity index (χ1n) is 9.09. The minimum atomic E-state index is -3.53. The third-order valence-corrected chi connectivity index (χ3v) is 6.96. The lowest BCUT2D eigenvalue weighted by Crippen LogP contribution is -2.31.